The van der Waals surface area contributed by atoms with E-state index in [9.17, 15) is 4.39 Å². The summed E-state index contributed by atoms with van der Waals surface area (Å²) in [4.78, 5) is 0. The molecule has 1 saturated carbocycles. The van der Waals surface area contributed by atoms with Crippen LogP contribution < -0.4 is 5.32 Å². The minimum absolute atomic E-state index is 0.294. The Hall–Kier alpha value is -1.46. The Kier molecular flexibility index (Phi) is 3.48. The topological polar surface area (TPSA) is 42.7 Å². The van der Waals surface area contributed by atoms with E-state index < -0.39 is 0 Å². The second kappa shape index (κ2) is 5.27. The number of halogens is 2. The van der Waals surface area contributed by atoms with Crippen LogP contribution in [0, 0.1) is 5.82 Å². The van der Waals surface area contributed by atoms with Gasteiger partial charge in [0.25, 0.3) is 0 Å². The molecule has 1 aliphatic rings. The smallest absolute Gasteiger partial charge is 0.129 e. The summed E-state index contributed by atoms with van der Waals surface area (Å²) in [7, 11) is 0. The molecule has 0 spiro atoms. The zero-order valence-electron chi connectivity index (χ0n) is 10.3. The fraction of sp³-hybridized carbons (Fsp3) is 0.385. The quantitative estimate of drug-likeness (QED) is 0.914. The molecule has 0 radical (unpaired) electrons. The summed E-state index contributed by atoms with van der Waals surface area (Å²) in [6.07, 6.45) is 4.29. The fourth-order valence-electron chi connectivity index (χ4n) is 1.88. The van der Waals surface area contributed by atoms with Gasteiger partial charge in [0.2, 0.25) is 0 Å². The van der Waals surface area contributed by atoms with E-state index in [0.717, 1.165) is 5.69 Å². The molecule has 0 atom stereocenters. The largest absolute Gasteiger partial charge is 0.308 e. The highest BCUT2D eigenvalue weighted by atomic mass is 35.5. The standard InChI is InChI=1S/C13H14ClFN4/c14-12-2-1-3-13(15)11(12)8-19-7-10(17-18-19)6-16-9-4-5-9/h1-3,7,9,16H,4-6,8H2. The number of hydrogen-bond donors (Lipinski definition) is 1. The second-order valence-electron chi connectivity index (χ2n) is 4.76. The molecule has 1 fully saturated rings. The molecule has 0 saturated heterocycles. The van der Waals surface area contributed by atoms with Crippen molar-refractivity contribution in [3.63, 3.8) is 0 Å². The van der Waals surface area contributed by atoms with Crippen molar-refractivity contribution in [3.05, 3.63) is 46.5 Å². The zero-order valence-corrected chi connectivity index (χ0v) is 11.1. The molecule has 0 amide bonds. The molecule has 1 aromatic carbocycles. The van der Waals surface area contributed by atoms with Crippen LogP contribution in [-0.4, -0.2) is 21.0 Å². The molecule has 2 aromatic rings. The van der Waals surface area contributed by atoms with Crippen LogP contribution in [0.3, 0.4) is 0 Å². The highest BCUT2D eigenvalue weighted by Crippen LogP contribution is 2.20. The first kappa shape index (κ1) is 12.6. The van der Waals surface area contributed by atoms with Crippen molar-refractivity contribution in [2.75, 3.05) is 0 Å². The van der Waals surface area contributed by atoms with Gasteiger partial charge in [-0.15, -0.1) is 5.10 Å². The maximum atomic E-state index is 13.6. The van der Waals surface area contributed by atoms with Gasteiger partial charge in [-0.1, -0.05) is 22.9 Å². The SMILES string of the molecule is Fc1cccc(Cl)c1Cn1cc(CNC2CC2)nn1. The van der Waals surface area contributed by atoms with Gasteiger partial charge in [0, 0.05) is 23.2 Å². The van der Waals surface area contributed by atoms with Crippen LogP contribution in [0.5, 0.6) is 0 Å². The van der Waals surface area contributed by atoms with Gasteiger partial charge < -0.3 is 5.32 Å². The van der Waals surface area contributed by atoms with E-state index in [2.05, 4.69) is 15.6 Å². The summed E-state index contributed by atoms with van der Waals surface area (Å²) in [6, 6.07) is 5.29. The molecular weight excluding hydrogens is 267 g/mol. The highest BCUT2D eigenvalue weighted by molar-refractivity contribution is 6.31. The monoisotopic (exact) mass is 280 g/mol. The maximum Gasteiger partial charge on any atom is 0.129 e. The van der Waals surface area contributed by atoms with Crippen molar-refractivity contribution in [2.45, 2.75) is 32.0 Å². The molecule has 19 heavy (non-hydrogen) atoms. The average Bonchev–Trinajstić information content (AvgIpc) is 3.11. The van der Waals surface area contributed by atoms with E-state index in [1.54, 1.807) is 16.8 Å². The Morgan fingerprint density at radius 1 is 1.42 bits per heavy atom. The molecule has 100 valence electrons. The summed E-state index contributed by atoms with van der Waals surface area (Å²) >= 11 is 5.98. The number of rotatable bonds is 5. The Labute approximate surface area is 115 Å². The zero-order chi connectivity index (χ0) is 13.2. The first-order valence-electron chi connectivity index (χ1n) is 6.27. The van der Waals surface area contributed by atoms with Gasteiger partial charge in [0.15, 0.2) is 0 Å². The van der Waals surface area contributed by atoms with Crippen LogP contribution in [0.4, 0.5) is 4.39 Å². The van der Waals surface area contributed by atoms with Gasteiger partial charge in [0.05, 0.1) is 18.4 Å². The van der Waals surface area contributed by atoms with E-state index in [0.29, 0.717) is 29.7 Å². The molecule has 6 heteroatoms. The molecule has 1 N–H and O–H groups in total. The summed E-state index contributed by atoms with van der Waals surface area (Å²) in [5.41, 5.74) is 1.30. The summed E-state index contributed by atoms with van der Waals surface area (Å²) in [6.45, 7) is 0.998. The van der Waals surface area contributed by atoms with E-state index in [1.165, 1.54) is 18.9 Å². The Bertz CT molecular complexity index is 560. The van der Waals surface area contributed by atoms with Crippen LogP contribution in [0.1, 0.15) is 24.1 Å². The van der Waals surface area contributed by atoms with Crippen molar-refractivity contribution < 1.29 is 4.39 Å². The Balaban J connectivity index is 1.68. The van der Waals surface area contributed by atoms with Crippen molar-refractivity contribution in [1.82, 2.24) is 20.3 Å². The molecule has 0 unspecified atom stereocenters. The lowest BCUT2D eigenvalue weighted by Crippen LogP contribution is -2.15. The molecule has 0 aliphatic heterocycles. The third kappa shape index (κ3) is 3.11. The highest BCUT2D eigenvalue weighted by Gasteiger charge is 2.20. The van der Waals surface area contributed by atoms with Gasteiger partial charge in [0.1, 0.15) is 5.82 Å². The van der Waals surface area contributed by atoms with E-state index in [4.69, 9.17) is 11.6 Å². The van der Waals surface area contributed by atoms with Gasteiger partial charge in [-0.2, -0.15) is 0 Å². The second-order valence-corrected chi connectivity index (χ2v) is 5.17. The van der Waals surface area contributed by atoms with Crippen molar-refractivity contribution in [2.24, 2.45) is 0 Å². The van der Waals surface area contributed by atoms with Gasteiger partial charge in [-0.25, -0.2) is 9.07 Å². The van der Waals surface area contributed by atoms with Gasteiger partial charge >= 0.3 is 0 Å². The van der Waals surface area contributed by atoms with E-state index >= 15 is 0 Å². The Morgan fingerprint density at radius 3 is 3.00 bits per heavy atom. The molecule has 4 nitrogen and oxygen atoms in total. The molecule has 1 aromatic heterocycles. The number of nitrogens with zero attached hydrogens (tertiary/aromatic N) is 3. The third-order valence-corrected chi connectivity index (χ3v) is 3.47. The summed E-state index contributed by atoms with van der Waals surface area (Å²) in [5.74, 6) is -0.319. The van der Waals surface area contributed by atoms with E-state index in [-0.39, 0.29) is 5.82 Å². The van der Waals surface area contributed by atoms with E-state index in [1.807, 2.05) is 6.20 Å². The molecule has 1 aliphatic carbocycles. The van der Waals surface area contributed by atoms with Crippen molar-refractivity contribution in [1.29, 1.82) is 0 Å². The lowest BCUT2D eigenvalue weighted by molar-refractivity contribution is 0.577. The van der Waals surface area contributed by atoms with Gasteiger partial charge in [-0.05, 0) is 25.0 Å². The normalized spacial score (nSPS) is 14.8. The molecule has 0 bridgehead atoms. The van der Waals surface area contributed by atoms with Crippen LogP contribution in [0.25, 0.3) is 0 Å². The Morgan fingerprint density at radius 2 is 2.26 bits per heavy atom. The fourth-order valence-corrected chi connectivity index (χ4v) is 2.10. The lowest BCUT2D eigenvalue weighted by atomic mass is 10.2. The maximum absolute atomic E-state index is 13.6. The first-order chi connectivity index (χ1) is 9.22. The summed E-state index contributed by atoms with van der Waals surface area (Å²) < 4.78 is 15.3. The van der Waals surface area contributed by atoms with Crippen LogP contribution >= 0.6 is 11.6 Å². The molecule has 1 heterocycles. The number of aromatic nitrogens is 3. The average molecular weight is 281 g/mol. The predicted molar refractivity (Wildman–Crippen MR) is 70.4 cm³/mol. The minimum atomic E-state index is -0.319. The van der Waals surface area contributed by atoms with Crippen molar-refractivity contribution in [3.8, 4) is 0 Å². The van der Waals surface area contributed by atoms with Crippen LogP contribution in [0.2, 0.25) is 5.02 Å². The summed E-state index contributed by atoms with van der Waals surface area (Å²) in [5, 5.41) is 11.8. The first-order valence-corrected chi connectivity index (χ1v) is 6.65. The lowest BCUT2D eigenvalue weighted by Gasteiger charge is -2.04. The third-order valence-electron chi connectivity index (χ3n) is 3.12. The number of hydrogen-bond acceptors (Lipinski definition) is 3. The van der Waals surface area contributed by atoms with Crippen LogP contribution in [-0.2, 0) is 13.1 Å². The van der Waals surface area contributed by atoms with Gasteiger partial charge in [-0.3, -0.25) is 0 Å². The number of nitrogens with one attached hydrogen (secondary N) is 1. The predicted octanol–water partition coefficient (Wildman–Crippen LogP) is 2.37. The minimum Gasteiger partial charge on any atom is -0.308 e. The number of benzene rings is 1. The molecular formula is C13H14ClFN4. The van der Waals surface area contributed by atoms with Crippen LogP contribution in [0.15, 0.2) is 24.4 Å². The van der Waals surface area contributed by atoms with Crippen molar-refractivity contribution >= 4 is 11.6 Å². The molecule has 3 rings (SSSR count).